The number of carbonyl (C=O) groups is 1. The van der Waals surface area contributed by atoms with E-state index < -0.39 is 27.7 Å². The molecule has 1 amide bonds. The number of rotatable bonds is 4. The Balaban J connectivity index is 1.52. The summed E-state index contributed by atoms with van der Waals surface area (Å²) in [4.78, 5) is 18.7. The van der Waals surface area contributed by atoms with E-state index in [0.29, 0.717) is 5.17 Å². The number of aliphatic imine (C=N–C) groups is 1. The number of carbonyl (C=O) groups excluding carboxylic acids is 1. The molecule has 2 aromatic carbocycles. The van der Waals surface area contributed by atoms with Crippen LogP contribution < -0.4 is 10.2 Å². The second-order valence-corrected chi connectivity index (χ2v) is 10.7. The molecule has 1 saturated heterocycles. The van der Waals surface area contributed by atoms with E-state index in [1.165, 1.54) is 17.8 Å². The number of nitrogens with one attached hydrogen (secondary N) is 1. The van der Waals surface area contributed by atoms with Crippen LogP contribution in [0.4, 0.5) is 15.8 Å². The second-order valence-electron chi connectivity index (χ2n) is 7.60. The third-order valence-corrected chi connectivity index (χ3v) is 7.88. The first kappa shape index (κ1) is 20.9. The summed E-state index contributed by atoms with van der Waals surface area (Å²) >= 11 is 1.19. The van der Waals surface area contributed by atoms with Gasteiger partial charge in [0.1, 0.15) is 5.82 Å². The van der Waals surface area contributed by atoms with Gasteiger partial charge in [-0.3, -0.25) is 9.79 Å². The molecule has 0 bridgehead atoms. The number of nitrogens with zero attached hydrogens (tertiary/aromatic N) is 2. The molecule has 1 N–H and O–H groups in total. The van der Waals surface area contributed by atoms with E-state index in [1.54, 1.807) is 23.1 Å². The van der Waals surface area contributed by atoms with Crippen molar-refractivity contribution in [1.82, 2.24) is 0 Å². The van der Waals surface area contributed by atoms with Gasteiger partial charge < -0.3 is 10.2 Å². The molecule has 1 fully saturated rings. The van der Waals surface area contributed by atoms with E-state index >= 15 is 0 Å². The highest BCUT2D eigenvalue weighted by Crippen LogP contribution is 2.36. The number of hydrogen-bond acceptors (Lipinski definition) is 6. The highest BCUT2D eigenvalue weighted by atomic mass is 32.2. The number of thioether (sulfide) groups is 1. The quantitative estimate of drug-likeness (QED) is 0.779. The summed E-state index contributed by atoms with van der Waals surface area (Å²) in [6.45, 7) is 3.88. The number of fused-ring (bicyclic) bond motifs is 1. The van der Waals surface area contributed by atoms with Crippen LogP contribution in [0.25, 0.3) is 0 Å². The maximum absolute atomic E-state index is 14.5. The van der Waals surface area contributed by atoms with Gasteiger partial charge in [0.15, 0.2) is 15.0 Å². The molecule has 0 unspecified atom stereocenters. The number of amides is 1. The molecule has 2 aliphatic heterocycles. The van der Waals surface area contributed by atoms with Crippen molar-refractivity contribution in [1.29, 1.82) is 0 Å². The Hall–Kier alpha value is -2.39. The molecule has 0 radical (unpaired) electrons. The zero-order valence-corrected chi connectivity index (χ0v) is 18.3. The van der Waals surface area contributed by atoms with Gasteiger partial charge in [0.05, 0.1) is 35.0 Å². The van der Waals surface area contributed by atoms with Gasteiger partial charge in [-0.25, -0.2) is 12.8 Å². The van der Waals surface area contributed by atoms with Crippen molar-refractivity contribution < 1.29 is 17.6 Å². The van der Waals surface area contributed by atoms with Gasteiger partial charge in [-0.2, -0.15) is 0 Å². The lowest BCUT2D eigenvalue weighted by atomic mass is 10.1. The molecule has 0 aliphatic carbocycles. The fourth-order valence-electron chi connectivity index (χ4n) is 3.75. The number of para-hydroxylation sites is 1. The second kappa shape index (κ2) is 8.03. The van der Waals surface area contributed by atoms with E-state index in [1.807, 2.05) is 32.0 Å². The van der Waals surface area contributed by atoms with E-state index in [4.69, 9.17) is 0 Å². The molecular weight excluding hydrogens is 425 g/mol. The Morgan fingerprint density at radius 1 is 1.23 bits per heavy atom. The summed E-state index contributed by atoms with van der Waals surface area (Å²) in [5.41, 5.74) is 3.04. The van der Waals surface area contributed by atoms with Crippen LogP contribution in [-0.4, -0.2) is 48.8 Å². The summed E-state index contributed by atoms with van der Waals surface area (Å²) in [5.74, 6) is -0.691. The normalized spacial score (nSPS) is 22.0. The minimum Gasteiger partial charge on any atom is -0.325 e. The number of amidine groups is 1. The van der Waals surface area contributed by atoms with Crippen LogP contribution in [-0.2, 0) is 14.6 Å². The van der Waals surface area contributed by atoms with Crippen LogP contribution >= 0.6 is 11.8 Å². The predicted octanol–water partition coefficient (Wildman–Crippen LogP) is 3.16. The van der Waals surface area contributed by atoms with Crippen molar-refractivity contribution in [2.75, 3.05) is 27.5 Å². The molecule has 30 heavy (non-hydrogen) atoms. The standard InChI is InChI=1S/C21H22FN3O3S2/c1-13-7-8-14(2)16(9-13)23-20(26)10-29-21-24-17-11-30(27,28)12-19(17)25(21)18-6-4-3-5-15(18)22/h3-9,17,19H,10-12H2,1-2H3,(H,23,26)/t17-,19+/m0/s1. The van der Waals surface area contributed by atoms with Crippen LogP contribution in [0.5, 0.6) is 0 Å². The summed E-state index contributed by atoms with van der Waals surface area (Å²) in [7, 11) is -3.22. The number of sulfone groups is 1. The topological polar surface area (TPSA) is 78.8 Å². The number of anilines is 2. The van der Waals surface area contributed by atoms with Crippen molar-refractivity contribution in [3.8, 4) is 0 Å². The molecule has 2 aliphatic rings. The smallest absolute Gasteiger partial charge is 0.234 e. The molecule has 9 heteroatoms. The van der Waals surface area contributed by atoms with Crippen molar-refractivity contribution in [3.63, 3.8) is 0 Å². The van der Waals surface area contributed by atoms with Crippen LogP contribution in [0, 0.1) is 19.7 Å². The Bertz CT molecular complexity index is 1130. The Kier molecular flexibility index (Phi) is 5.59. The Labute approximate surface area is 179 Å². The van der Waals surface area contributed by atoms with Gasteiger partial charge in [0.2, 0.25) is 5.91 Å². The van der Waals surface area contributed by atoms with Crippen LogP contribution in [0.15, 0.2) is 47.5 Å². The molecule has 0 saturated carbocycles. The van der Waals surface area contributed by atoms with E-state index in [-0.39, 0.29) is 28.9 Å². The van der Waals surface area contributed by atoms with E-state index in [9.17, 15) is 17.6 Å². The van der Waals surface area contributed by atoms with Crippen molar-refractivity contribution in [3.05, 3.63) is 59.4 Å². The average Bonchev–Trinajstić information content (AvgIpc) is 3.15. The SMILES string of the molecule is Cc1ccc(C)c(NC(=O)CSC2=N[C@H]3CS(=O)(=O)C[C@H]3N2c2ccccc2F)c1. The van der Waals surface area contributed by atoms with Crippen molar-refractivity contribution >= 4 is 44.0 Å². The molecule has 0 aromatic heterocycles. The first-order valence-corrected chi connectivity index (χ1v) is 12.4. The molecule has 2 aromatic rings. The summed E-state index contributed by atoms with van der Waals surface area (Å²) < 4.78 is 38.7. The zero-order chi connectivity index (χ0) is 21.5. The van der Waals surface area contributed by atoms with Crippen LogP contribution in [0.1, 0.15) is 11.1 Å². The average molecular weight is 448 g/mol. The van der Waals surface area contributed by atoms with Gasteiger partial charge in [0.25, 0.3) is 0 Å². The summed E-state index contributed by atoms with van der Waals surface area (Å²) in [6, 6.07) is 11.2. The monoisotopic (exact) mass is 447 g/mol. The molecule has 2 atom stereocenters. The van der Waals surface area contributed by atoms with Gasteiger partial charge in [-0.05, 0) is 43.2 Å². The van der Waals surface area contributed by atoms with Gasteiger partial charge in [0, 0.05) is 5.69 Å². The molecular formula is C21H22FN3O3S2. The number of aryl methyl sites for hydroxylation is 2. The summed E-state index contributed by atoms with van der Waals surface area (Å²) in [6.07, 6.45) is 0. The predicted molar refractivity (Wildman–Crippen MR) is 120 cm³/mol. The maximum atomic E-state index is 14.5. The minimum absolute atomic E-state index is 0.0542. The highest BCUT2D eigenvalue weighted by Gasteiger charge is 2.47. The lowest BCUT2D eigenvalue weighted by Gasteiger charge is -2.26. The lowest BCUT2D eigenvalue weighted by molar-refractivity contribution is -0.113. The highest BCUT2D eigenvalue weighted by molar-refractivity contribution is 8.14. The zero-order valence-electron chi connectivity index (χ0n) is 16.6. The number of benzene rings is 2. The van der Waals surface area contributed by atoms with Crippen LogP contribution in [0.3, 0.4) is 0 Å². The largest absolute Gasteiger partial charge is 0.325 e. The van der Waals surface area contributed by atoms with E-state index in [2.05, 4.69) is 10.3 Å². The maximum Gasteiger partial charge on any atom is 0.234 e. The molecule has 4 rings (SSSR count). The first-order chi connectivity index (χ1) is 14.2. The lowest BCUT2D eigenvalue weighted by Crippen LogP contribution is -2.40. The molecule has 6 nitrogen and oxygen atoms in total. The van der Waals surface area contributed by atoms with Gasteiger partial charge in [-0.15, -0.1) is 0 Å². The van der Waals surface area contributed by atoms with Crippen LogP contribution in [0.2, 0.25) is 0 Å². The third-order valence-electron chi connectivity index (χ3n) is 5.22. The van der Waals surface area contributed by atoms with Gasteiger partial charge in [-0.1, -0.05) is 36.0 Å². The number of halogens is 1. The third kappa shape index (κ3) is 4.22. The Morgan fingerprint density at radius 3 is 2.77 bits per heavy atom. The van der Waals surface area contributed by atoms with Crippen molar-refractivity contribution in [2.24, 2.45) is 4.99 Å². The Morgan fingerprint density at radius 2 is 2.00 bits per heavy atom. The molecule has 158 valence electrons. The fraction of sp³-hybridized carbons (Fsp3) is 0.333. The first-order valence-electron chi connectivity index (χ1n) is 9.55. The minimum atomic E-state index is -3.22. The van der Waals surface area contributed by atoms with Gasteiger partial charge >= 0.3 is 0 Å². The molecule has 0 spiro atoms. The van der Waals surface area contributed by atoms with Crippen molar-refractivity contribution in [2.45, 2.75) is 25.9 Å². The molecule has 2 heterocycles. The fourth-order valence-corrected chi connectivity index (χ4v) is 6.51. The number of hydrogen-bond donors (Lipinski definition) is 1. The van der Waals surface area contributed by atoms with E-state index in [0.717, 1.165) is 16.8 Å². The summed E-state index contributed by atoms with van der Waals surface area (Å²) in [5, 5.41) is 3.37.